The number of benzene rings is 1. The fourth-order valence-corrected chi connectivity index (χ4v) is 3.86. The van der Waals surface area contributed by atoms with E-state index in [0.29, 0.717) is 12.0 Å². The average molecular weight is 311 g/mol. The Labute approximate surface area is 137 Å². The van der Waals surface area contributed by atoms with E-state index in [1.807, 2.05) is 28.8 Å². The quantitative estimate of drug-likeness (QED) is 0.869. The Kier molecular flexibility index (Phi) is 3.72. The van der Waals surface area contributed by atoms with Crippen LogP contribution >= 0.6 is 0 Å². The highest BCUT2D eigenvalue weighted by Gasteiger charge is 2.33. The van der Waals surface area contributed by atoms with Crippen molar-refractivity contribution in [1.29, 1.82) is 0 Å². The summed E-state index contributed by atoms with van der Waals surface area (Å²) in [5.41, 5.74) is 0.989. The molecule has 0 spiro atoms. The van der Waals surface area contributed by atoms with Crippen molar-refractivity contribution in [1.82, 2.24) is 14.5 Å². The fourth-order valence-electron chi connectivity index (χ4n) is 3.86. The van der Waals surface area contributed by atoms with Crippen LogP contribution in [0.2, 0.25) is 0 Å². The van der Waals surface area contributed by atoms with Gasteiger partial charge in [0.2, 0.25) is 0 Å². The molecule has 1 saturated heterocycles. The van der Waals surface area contributed by atoms with E-state index in [1.54, 1.807) is 0 Å². The zero-order chi connectivity index (χ0) is 16.0. The maximum absolute atomic E-state index is 13.1. The van der Waals surface area contributed by atoms with Gasteiger partial charge in [0.15, 0.2) is 0 Å². The number of nitrogens with zero attached hydrogens (tertiary/aromatic N) is 3. The second kappa shape index (κ2) is 5.75. The Morgan fingerprint density at radius 2 is 2.00 bits per heavy atom. The minimum absolute atomic E-state index is 0.146. The van der Waals surface area contributed by atoms with Gasteiger partial charge in [0.1, 0.15) is 5.82 Å². The number of hydrogen-bond acceptors (Lipinski definition) is 3. The van der Waals surface area contributed by atoms with E-state index in [9.17, 15) is 4.79 Å². The van der Waals surface area contributed by atoms with Crippen molar-refractivity contribution in [3.05, 3.63) is 40.4 Å². The molecule has 1 aromatic heterocycles. The monoisotopic (exact) mass is 311 g/mol. The summed E-state index contributed by atoms with van der Waals surface area (Å²) in [7, 11) is 0. The largest absolute Gasteiger partial charge is 0.295 e. The van der Waals surface area contributed by atoms with Gasteiger partial charge in [0.25, 0.3) is 5.56 Å². The molecule has 0 amide bonds. The second-order valence-corrected chi connectivity index (χ2v) is 7.34. The van der Waals surface area contributed by atoms with Crippen molar-refractivity contribution in [2.45, 2.75) is 58.2 Å². The highest BCUT2D eigenvalue weighted by molar-refractivity contribution is 5.77. The second-order valence-electron chi connectivity index (χ2n) is 7.34. The minimum Gasteiger partial charge on any atom is -0.295 e. The molecule has 4 heteroatoms. The van der Waals surface area contributed by atoms with Crippen molar-refractivity contribution >= 4 is 10.9 Å². The van der Waals surface area contributed by atoms with Crippen LogP contribution in [0.1, 0.15) is 51.4 Å². The van der Waals surface area contributed by atoms with Crippen LogP contribution in [-0.4, -0.2) is 27.0 Å². The van der Waals surface area contributed by atoms with Crippen LogP contribution in [0, 0.1) is 5.92 Å². The molecule has 2 fully saturated rings. The van der Waals surface area contributed by atoms with Crippen LogP contribution in [0.3, 0.4) is 0 Å². The first-order valence-corrected chi connectivity index (χ1v) is 8.90. The summed E-state index contributed by atoms with van der Waals surface area (Å²) in [6, 6.07) is 8.55. The Morgan fingerprint density at radius 1 is 1.22 bits per heavy atom. The molecule has 1 unspecified atom stereocenters. The first-order valence-electron chi connectivity index (χ1n) is 8.90. The molecular weight excluding hydrogens is 286 g/mol. The zero-order valence-corrected chi connectivity index (χ0v) is 14.0. The average Bonchev–Trinajstić information content (AvgIpc) is 3.22. The van der Waals surface area contributed by atoms with E-state index in [1.165, 1.54) is 19.3 Å². The van der Waals surface area contributed by atoms with Crippen LogP contribution in [-0.2, 0) is 6.54 Å². The summed E-state index contributed by atoms with van der Waals surface area (Å²) in [6.45, 7) is 6.42. The highest BCUT2D eigenvalue weighted by atomic mass is 16.1. The van der Waals surface area contributed by atoms with Crippen LogP contribution < -0.4 is 5.56 Å². The summed E-state index contributed by atoms with van der Waals surface area (Å²) in [5.74, 6) is 1.66. The van der Waals surface area contributed by atoms with Gasteiger partial charge >= 0.3 is 0 Å². The molecule has 122 valence electrons. The summed E-state index contributed by atoms with van der Waals surface area (Å²) in [5, 5.41) is 0.756. The molecule has 2 heterocycles. The predicted molar refractivity (Wildman–Crippen MR) is 92.5 cm³/mol. The number of para-hydroxylation sites is 1. The normalized spacial score (nSPS) is 22.3. The van der Waals surface area contributed by atoms with Crippen LogP contribution in [0.25, 0.3) is 10.9 Å². The molecule has 2 aliphatic rings. The molecule has 1 saturated carbocycles. The Morgan fingerprint density at radius 3 is 2.74 bits per heavy atom. The summed E-state index contributed by atoms with van der Waals surface area (Å²) >= 11 is 0. The van der Waals surface area contributed by atoms with Gasteiger partial charge < -0.3 is 0 Å². The van der Waals surface area contributed by atoms with Crippen LogP contribution in [0.5, 0.6) is 0 Å². The molecule has 4 rings (SSSR count). The van der Waals surface area contributed by atoms with Crippen molar-refractivity contribution in [2.75, 3.05) is 6.54 Å². The zero-order valence-electron chi connectivity index (χ0n) is 14.0. The number of rotatable bonds is 4. The first-order chi connectivity index (χ1) is 11.1. The van der Waals surface area contributed by atoms with E-state index >= 15 is 0 Å². The summed E-state index contributed by atoms with van der Waals surface area (Å²) in [6.07, 6.45) is 4.79. The van der Waals surface area contributed by atoms with Gasteiger partial charge in [-0.3, -0.25) is 14.3 Å². The van der Waals surface area contributed by atoms with Crippen molar-refractivity contribution in [3.8, 4) is 0 Å². The molecule has 1 aliphatic heterocycles. The van der Waals surface area contributed by atoms with Crippen molar-refractivity contribution in [3.63, 3.8) is 0 Å². The maximum atomic E-state index is 13.1. The molecule has 1 atom stereocenters. The van der Waals surface area contributed by atoms with E-state index in [2.05, 4.69) is 18.7 Å². The third-order valence-corrected chi connectivity index (χ3v) is 5.28. The SMILES string of the molecule is CC(C)N1CCCC1c1nc2ccccc2c(=O)n1CC1CC1. The van der Waals surface area contributed by atoms with Gasteiger partial charge in [-0.1, -0.05) is 12.1 Å². The molecule has 0 N–H and O–H groups in total. The topological polar surface area (TPSA) is 38.1 Å². The number of aromatic nitrogens is 2. The highest BCUT2D eigenvalue weighted by Crippen LogP contribution is 2.35. The molecule has 23 heavy (non-hydrogen) atoms. The molecular formula is C19H25N3O. The lowest BCUT2D eigenvalue weighted by Crippen LogP contribution is -2.35. The van der Waals surface area contributed by atoms with Crippen LogP contribution in [0.15, 0.2) is 29.1 Å². The third kappa shape index (κ3) is 2.69. The van der Waals surface area contributed by atoms with Gasteiger partial charge in [-0.15, -0.1) is 0 Å². The summed E-state index contributed by atoms with van der Waals surface area (Å²) < 4.78 is 1.99. The molecule has 0 bridgehead atoms. The lowest BCUT2D eigenvalue weighted by Gasteiger charge is -2.29. The lowest BCUT2D eigenvalue weighted by atomic mass is 10.1. The Bertz CT molecular complexity index is 776. The fraction of sp³-hybridized carbons (Fsp3) is 0.579. The Hall–Kier alpha value is -1.68. The van der Waals surface area contributed by atoms with E-state index in [4.69, 9.17) is 4.98 Å². The molecule has 1 aromatic carbocycles. The Balaban J connectivity index is 1.87. The van der Waals surface area contributed by atoms with E-state index < -0.39 is 0 Å². The van der Waals surface area contributed by atoms with Gasteiger partial charge in [-0.05, 0) is 64.1 Å². The molecule has 0 radical (unpaired) electrons. The van der Waals surface area contributed by atoms with Crippen molar-refractivity contribution in [2.24, 2.45) is 5.92 Å². The van der Waals surface area contributed by atoms with Gasteiger partial charge in [0, 0.05) is 12.6 Å². The smallest absolute Gasteiger partial charge is 0.261 e. The maximum Gasteiger partial charge on any atom is 0.261 e. The molecule has 1 aliphatic carbocycles. The number of likely N-dealkylation sites (tertiary alicyclic amines) is 1. The van der Waals surface area contributed by atoms with Gasteiger partial charge in [0.05, 0.1) is 16.9 Å². The molecule has 4 nitrogen and oxygen atoms in total. The van der Waals surface area contributed by atoms with E-state index in [-0.39, 0.29) is 11.6 Å². The summed E-state index contributed by atoms with van der Waals surface area (Å²) in [4.78, 5) is 20.5. The first kappa shape index (κ1) is 14.9. The minimum atomic E-state index is 0.146. The van der Waals surface area contributed by atoms with Crippen LogP contribution in [0.4, 0.5) is 0 Å². The van der Waals surface area contributed by atoms with Gasteiger partial charge in [-0.2, -0.15) is 0 Å². The van der Waals surface area contributed by atoms with Gasteiger partial charge in [-0.25, -0.2) is 4.98 Å². The number of fused-ring (bicyclic) bond motifs is 1. The standard InChI is InChI=1S/C19H25N3O/c1-13(2)21-11-5-8-17(21)18-20-16-7-4-3-6-15(16)19(23)22(18)12-14-9-10-14/h3-4,6-7,13-14,17H,5,8-12H2,1-2H3. The predicted octanol–water partition coefficient (Wildman–Crippen LogP) is 3.35. The van der Waals surface area contributed by atoms with Crippen molar-refractivity contribution < 1.29 is 0 Å². The lowest BCUT2D eigenvalue weighted by molar-refractivity contribution is 0.193. The third-order valence-electron chi connectivity index (χ3n) is 5.28. The van der Waals surface area contributed by atoms with E-state index in [0.717, 1.165) is 36.2 Å². The molecule has 2 aromatic rings. The number of hydrogen-bond donors (Lipinski definition) is 0.